The molecule has 0 rings (SSSR count). The van der Waals surface area contributed by atoms with Crippen molar-refractivity contribution in [3.8, 4) is 0 Å². The standard InChI is InChI=1S/C10H17F6NO2S/c11-5-2-8(17)3-7-20(18,19)6-1-4-9(12,13)10(14,15)16/h8H,1-7,17H2. The maximum Gasteiger partial charge on any atom is 0.453 e. The van der Waals surface area contributed by atoms with Crippen molar-refractivity contribution >= 4 is 9.84 Å². The summed E-state index contributed by atoms with van der Waals surface area (Å²) in [5.41, 5.74) is 5.37. The smallest absolute Gasteiger partial charge is 0.328 e. The molecule has 1 atom stereocenters. The summed E-state index contributed by atoms with van der Waals surface area (Å²) in [6.07, 6.45) is -8.14. The molecule has 0 aromatic heterocycles. The Labute approximate surface area is 113 Å². The predicted octanol–water partition coefficient (Wildman–Crippen LogP) is 2.46. The number of sulfone groups is 1. The maximum atomic E-state index is 12.5. The zero-order valence-electron chi connectivity index (χ0n) is 10.6. The van der Waals surface area contributed by atoms with E-state index in [0.717, 1.165) is 0 Å². The van der Waals surface area contributed by atoms with Gasteiger partial charge in [-0.15, -0.1) is 0 Å². The van der Waals surface area contributed by atoms with Crippen LogP contribution in [0.1, 0.15) is 25.7 Å². The molecule has 2 N–H and O–H groups in total. The average molecular weight is 329 g/mol. The van der Waals surface area contributed by atoms with E-state index in [1.807, 2.05) is 0 Å². The quantitative estimate of drug-likeness (QED) is 0.661. The first-order valence-corrected chi connectivity index (χ1v) is 7.70. The van der Waals surface area contributed by atoms with Crippen molar-refractivity contribution in [3.05, 3.63) is 0 Å². The lowest BCUT2D eigenvalue weighted by atomic mass is 10.2. The van der Waals surface area contributed by atoms with Crippen molar-refractivity contribution < 1.29 is 34.8 Å². The molecule has 0 fully saturated rings. The van der Waals surface area contributed by atoms with Gasteiger partial charge in [-0.05, 0) is 19.3 Å². The van der Waals surface area contributed by atoms with Crippen LogP contribution in [0.5, 0.6) is 0 Å². The van der Waals surface area contributed by atoms with Gasteiger partial charge in [-0.25, -0.2) is 8.42 Å². The van der Waals surface area contributed by atoms with Crippen LogP contribution >= 0.6 is 0 Å². The highest BCUT2D eigenvalue weighted by Crippen LogP contribution is 2.38. The molecule has 0 aliphatic heterocycles. The lowest BCUT2D eigenvalue weighted by Crippen LogP contribution is -2.36. The number of alkyl halides is 6. The number of hydrogen-bond donors (Lipinski definition) is 1. The first kappa shape index (κ1) is 19.5. The van der Waals surface area contributed by atoms with E-state index in [9.17, 15) is 34.8 Å². The van der Waals surface area contributed by atoms with Crippen LogP contribution in [0.4, 0.5) is 26.3 Å². The summed E-state index contributed by atoms with van der Waals surface area (Å²) < 4.78 is 95.3. The molecule has 0 heterocycles. The highest BCUT2D eigenvalue weighted by Gasteiger charge is 2.56. The van der Waals surface area contributed by atoms with Crippen LogP contribution in [-0.2, 0) is 9.84 Å². The molecule has 0 bridgehead atoms. The van der Waals surface area contributed by atoms with E-state index in [1.54, 1.807) is 0 Å². The summed E-state index contributed by atoms with van der Waals surface area (Å²) in [4.78, 5) is 0. The first-order valence-electron chi connectivity index (χ1n) is 5.88. The molecule has 0 aliphatic rings. The minimum Gasteiger partial charge on any atom is -0.328 e. The third-order valence-electron chi connectivity index (χ3n) is 2.64. The fourth-order valence-electron chi connectivity index (χ4n) is 1.37. The van der Waals surface area contributed by atoms with Gasteiger partial charge in [-0.1, -0.05) is 0 Å². The van der Waals surface area contributed by atoms with Gasteiger partial charge in [-0.3, -0.25) is 4.39 Å². The fourth-order valence-corrected chi connectivity index (χ4v) is 2.82. The van der Waals surface area contributed by atoms with Gasteiger partial charge >= 0.3 is 12.1 Å². The molecular formula is C10H17F6NO2S. The molecule has 0 aromatic rings. The van der Waals surface area contributed by atoms with Crippen LogP contribution in [0.25, 0.3) is 0 Å². The van der Waals surface area contributed by atoms with Gasteiger partial charge in [0.05, 0.1) is 18.2 Å². The van der Waals surface area contributed by atoms with E-state index < -0.39 is 59.0 Å². The molecule has 0 saturated heterocycles. The molecule has 122 valence electrons. The van der Waals surface area contributed by atoms with E-state index in [4.69, 9.17) is 5.73 Å². The van der Waals surface area contributed by atoms with Crippen molar-refractivity contribution in [1.29, 1.82) is 0 Å². The minimum atomic E-state index is -5.68. The first-order chi connectivity index (χ1) is 8.91. The Morgan fingerprint density at radius 1 is 1.00 bits per heavy atom. The molecule has 0 aliphatic carbocycles. The second-order valence-electron chi connectivity index (χ2n) is 4.48. The number of halogens is 6. The monoisotopic (exact) mass is 329 g/mol. The van der Waals surface area contributed by atoms with Crippen LogP contribution in [-0.4, -0.2) is 44.7 Å². The van der Waals surface area contributed by atoms with Gasteiger partial charge in [-0.2, -0.15) is 22.0 Å². The molecule has 0 amide bonds. The highest BCUT2D eigenvalue weighted by molar-refractivity contribution is 7.91. The summed E-state index contributed by atoms with van der Waals surface area (Å²) in [5.74, 6) is -6.13. The number of nitrogens with two attached hydrogens (primary N) is 1. The lowest BCUT2D eigenvalue weighted by molar-refractivity contribution is -0.284. The Hall–Kier alpha value is -0.510. The second kappa shape index (κ2) is 7.48. The Kier molecular flexibility index (Phi) is 7.29. The van der Waals surface area contributed by atoms with Crippen molar-refractivity contribution in [1.82, 2.24) is 0 Å². The Morgan fingerprint density at radius 2 is 1.55 bits per heavy atom. The van der Waals surface area contributed by atoms with Crippen LogP contribution in [0.15, 0.2) is 0 Å². The summed E-state index contributed by atoms with van der Waals surface area (Å²) >= 11 is 0. The summed E-state index contributed by atoms with van der Waals surface area (Å²) in [5, 5.41) is 0. The maximum absolute atomic E-state index is 12.5. The molecular weight excluding hydrogens is 312 g/mol. The summed E-state index contributed by atoms with van der Waals surface area (Å²) in [7, 11) is -3.77. The van der Waals surface area contributed by atoms with Crippen LogP contribution < -0.4 is 5.73 Å². The van der Waals surface area contributed by atoms with Gasteiger partial charge < -0.3 is 5.73 Å². The normalized spacial score (nSPS) is 15.3. The predicted molar refractivity (Wildman–Crippen MR) is 62.1 cm³/mol. The highest BCUT2D eigenvalue weighted by atomic mass is 32.2. The topological polar surface area (TPSA) is 60.2 Å². The van der Waals surface area contributed by atoms with Gasteiger partial charge in [0, 0.05) is 12.5 Å². The van der Waals surface area contributed by atoms with E-state index in [1.165, 1.54) is 0 Å². The Bertz CT molecular complexity index is 382. The van der Waals surface area contributed by atoms with Crippen molar-refractivity contribution in [2.24, 2.45) is 5.73 Å². The molecule has 3 nitrogen and oxygen atoms in total. The number of hydrogen-bond acceptors (Lipinski definition) is 3. The molecule has 0 saturated carbocycles. The molecule has 10 heteroatoms. The second-order valence-corrected chi connectivity index (χ2v) is 6.79. The Morgan fingerprint density at radius 3 is 2.00 bits per heavy atom. The molecule has 0 spiro atoms. The van der Waals surface area contributed by atoms with Gasteiger partial charge in [0.25, 0.3) is 0 Å². The molecule has 0 radical (unpaired) electrons. The van der Waals surface area contributed by atoms with Gasteiger partial charge in [0.1, 0.15) is 9.84 Å². The zero-order chi connectivity index (χ0) is 16.0. The lowest BCUT2D eigenvalue weighted by Gasteiger charge is -2.19. The van der Waals surface area contributed by atoms with E-state index in [2.05, 4.69) is 0 Å². The third kappa shape index (κ3) is 7.32. The van der Waals surface area contributed by atoms with Crippen molar-refractivity contribution in [2.75, 3.05) is 18.2 Å². The van der Waals surface area contributed by atoms with Crippen molar-refractivity contribution in [3.63, 3.8) is 0 Å². The van der Waals surface area contributed by atoms with Crippen molar-refractivity contribution in [2.45, 2.75) is 43.8 Å². The van der Waals surface area contributed by atoms with Crippen LogP contribution in [0.3, 0.4) is 0 Å². The summed E-state index contributed by atoms with van der Waals surface area (Å²) in [6, 6.07) is -0.675. The number of rotatable bonds is 9. The zero-order valence-corrected chi connectivity index (χ0v) is 11.4. The molecule has 0 aromatic carbocycles. The third-order valence-corrected chi connectivity index (χ3v) is 4.41. The van der Waals surface area contributed by atoms with Crippen LogP contribution in [0.2, 0.25) is 0 Å². The van der Waals surface area contributed by atoms with E-state index in [0.29, 0.717) is 0 Å². The SMILES string of the molecule is NC(CCF)CCS(=O)(=O)CCCC(F)(F)C(F)(F)F. The summed E-state index contributed by atoms with van der Waals surface area (Å²) in [6.45, 7) is -0.709. The van der Waals surface area contributed by atoms with Gasteiger partial charge in [0.2, 0.25) is 0 Å². The van der Waals surface area contributed by atoms with Gasteiger partial charge in [0.15, 0.2) is 0 Å². The van der Waals surface area contributed by atoms with Crippen LogP contribution in [0, 0.1) is 0 Å². The average Bonchev–Trinajstić information content (AvgIpc) is 2.25. The molecule has 20 heavy (non-hydrogen) atoms. The van der Waals surface area contributed by atoms with E-state index in [-0.39, 0.29) is 12.8 Å². The fraction of sp³-hybridized carbons (Fsp3) is 1.00. The molecule has 1 unspecified atom stereocenters. The van der Waals surface area contributed by atoms with E-state index >= 15 is 0 Å². The largest absolute Gasteiger partial charge is 0.453 e. The Balaban J connectivity index is 4.18. The minimum absolute atomic E-state index is 0.0261.